The summed E-state index contributed by atoms with van der Waals surface area (Å²) in [4.78, 5) is 42.9. The number of alkyl halides is 6. The molecule has 3 N–H and O–H groups in total. The Morgan fingerprint density at radius 1 is 1.18 bits per heavy atom. The van der Waals surface area contributed by atoms with Gasteiger partial charge in [0.05, 0.1) is 12.9 Å². The minimum atomic E-state index is -5.68. The predicted molar refractivity (Wildman–Crippen MR) is 92.1 cm³/mol. The van der Waals surface area contributed by atoms with Crippen LogP contribution in [0.25, 0.3) is 11.2 Å². The maximum absolute atomic E-state index is 12.6. The van der Waals surface area contributed by atoms with Crippen LogP contribution in [-0.2, 0) is 32.7 Å². The number of nitrogens with zero attached hydrogens (tertiary/aromatic N) is 4. The molecule has 3 heterocycles. The zero-order chi connectivity index (χ0) is 25.5. The fourth-order valence-electron chi connectivity index (χ4n) is 2.78. The van der Waals surface area contributed by atoms with Crippen molar-refractivity contribution in [1.29, 1.82) is 0 Å². The van der Waals surface area contributed by atoms with Gasteiger partial charge in [-0.2, -0.15) is 26.3 Å². The molecular weight excluding hydrogens is 511 g/mol. The van der Waals surface area contributed by atoms with E-state index >= 15 is 0 Å². The average molecular weight is 523 g/mol. The number of ether oxygens (including phenoxy) is 2. The lowest BCUT2D eigenvalue weighted by molar-refractivity contribution is -0.207. The Morgan fingerprint density at radius 3 is 2.44 bits per heavy atom. The van der Waals surface area contributed by atoms with Gasteiger partial charge in [-0.15, -0.1) is 0 Å². The van der Waals surface area contributed by atoms with E-state index in [0.717, 1.165) is 12.7 Å². The van der Waals surface area contributed by atoms with Gasteiger partial charge in [0.2, 0.25) is 0 Å². The summed E-state index contributed by atoms with van der Waals surface area (Å²) < 4.78 is 105. The molecule has 0 saturated carbocycles. The lowest BCUT2D eigenvalue weighted by Gasteiger charge is -2.20. The standard InChI is InChI=1S/C14H12F6N5O8P/c15-13(16,17)11(26)32-5-1-7(25-4-24-8-9(21)22-3-23-10(8)25)31-6(5)2-30-34(28,29)33-12(27)14(18,19)20/h3-7H,1-2H2,(H,28,29)(H2,21,22,23). The molecule has 0 bridgehead atoms. The van der Waals surface area contributed by atoms with Crippen LogP contribution in [0, 0.1) is 0 Å². The zero-order valence-electron chi connectivity index (χ0n) is 16.2. The van der Waals surface area contributed by atoms with E-state index in [-0.39, 0.29) is 17.0 Å². The van der Waals surface area contributed by atoms with E-state index in [0.29, 0.717) is 0 Å². The second-order valence-electron chi connectivity index (χ2n) is 6.53. The van der Waals surface area contributed by atoms with E-state index in [2.05, 4.69) is 28.7 Å². The number of halogens is 6. The van der Waals surface area contributed by atoms with Crippen molar-refractivity contribution in [2.45, 2.75) is 37.2 Å². The van der Waals surface area contributed by atoms with Crippen LogP contribution in [0.2, 0.25) is 0 Å². The van der Waals surface area contributed by atoms with E-state index in [9.17, 15) is 45.4 Å². The Balaban J connectivity index is 1.79. The molecule has 0 aromatic carbocycles. The van der Waals surface area contributed by atoms with Gasteiger partial charge >= 0.3 is 32.1 Å². The van der Waals surface area contributed by atoms with Gasteiger partial charge in [0, 0.05) is 6.42 Å². The van der Waals surface area contributed by atoms with Crippen LogP contribution < -0.4 is 5.73 Å². The number of hydrogen-bond donors (Lipinski definition) is 2. The van der Waals surface area contributed by atoms with Crippen molar-refractivity contribution >= 4 is 36.7 Å². The number of esters is 1. The molecule has 1 aliphatic heterocycles. The molecule has 0 radical (unpaired) electrons. The highest BCUT2D eigenvalue weighted by Gasteiger charge is 2.49. The number of nitrogens with two attached hydrogens (primary N) is 1. The van der Waals surface area contributed by atoms with Crippen molar-refractivity contribution in [2.24, 2.45) is 0 Å². The molecule has 3 rings (SSSR count). The van der Waals surface area contributed by atoms with Crippen molar-refractivity contribution in [2.75, 3.05) is 12.3 Å². The third-order valence-electron chi connectivity index (χ3n) is 4.20. The predicted octanol–water partition coefficient (Wildman–Crippen LogP) is 1.39. The van der Waals surface area contributed by atoms with Crippen LogP contribution in [0.4, 0.5) is 32.2 Å². The summed E-state index contributed by atoms with van der Waals surface area (Å²) in [6.45, 7) is -1.21. The number of nitrogen functional groups attached to an aromatic ring is 1. The van der Waals surface area contributed by atoms with Gasteiger partial charge in [0.1, 0.15) is 30.3 Å². The molecule has 20 heteroatoms. The molecule has 2 aromatic rings. The molecule has 0 spiro atoms. The van der Waals surface area contributed by atoms with Crippen LogP contribution in [0.1, 0.15) is 12.6 Å². The van der Waals surface area contributed by atoms with Crippen LogP contribution in [0.5, 0.6) is 0 Å². The second kappa shape index (κ2) is 8.97. The monoisotopic (exact) mass is 523 g/mol. The molecule has 1 aliphatic rings. The second-order valence-corrected chi connectivity index (χ2v) is 7.91. The first-order valence-corrected chi connectivity index (χ1v) is 10.2. The van der Waals surface area contributed by atoms with Crippen LogP contribution in [0.15, 0.2) is 12.7 Å². The third-order valence-corrected chi connectivity index (χ3v) is 5.07. The molecule has 34 heavy (non-hydrogen) atoms. The molecule has 188 valence electrons. The number of phosphoric acid groups is 1. The highest BCUT2D eigenvalue weighted by Crippen LogP contribution is 2.46. The topological polar surface area (TPSA) is 178 Å². The molecule has 0 amide bonds. The normalized spacial score (nSPS) is 23.0. The van der Waals surface area contributed by atoms with E-state index in [4.69, 9.17) is 10.5 Å². The minimum absolute atomic E-state index is 0.0469. The number of fused-ring (bicyclic) bond motifs is 1. The summed E-state index contributed by atoms with van der Waals surface area (Å²) in [6, 6.07) is 0. The number of aromatic nitrogens is 4. The Kier molecular flexibility index (Phi) is 6.75. The van der Waals surface area contributed by atoms with Gasteiger partial charge in [-0.1, -0.05) is 0 Å². The Labute approximate surface area is 183 Å². The van der Waals surface area contributed by atoms with Gasteiger partial charge in [0.25, 0.3) is 0 Å². The number of hydrogen-bond acceptors (Lipinski definition) is 11. The Morgan fingerprint density at radius 2 is 1.82 bits per heavy atom. The van der Waals surface area contributed by atoms with Crippen molar-refractivity contribution < 1.29 is 63.9 Å². The molecule has 4 atom stereocenters. The molecular formula is C14H12F6N5O8P. The van der Waals surface area contributed by atoms with Gasteiger partial charge in [-0.3, -0.25) is 14.0 Å². The Hall–Kier alpha value is -3.02. The Bertz CT molecular complexity index is 1140. The van der Waals surface area contributed by atoms with Crippen molar-refractivity contribution in [3.8, 4) is 0 Å². The summed E-state index contributed by atoms with van der Waals surface area (Å²) in [5.41, 5.74) is 5.79. The van der Waals surface area contributed by atoms with E-state index in [1.54, 1.807) is 0 Å². The van der Waals surface area contributed by atoms with Gasteiger partial charge in [-0.05, 0) is 0 Å². The molecule has 13 nitrogen and oxygen atoms in total. The highest BCUT2D eigenvalue weighted by atomic mass is 31.2. The van der Waals surface area contributed by atoms with Gasteiger partial charge in [-0.25, -0.2) is 29.1 Å². The molecule has 0 aliphatic carbocycles. The largest absolute Gasteiger partial charge is 0.529 e. The molecule has 1 saturated heterocycles. The maximum atomic E-state index is 12.6. The quantitative estimate of drug-likeness (QED) is 0.316. The molecule has 1 fully saturated rings. The van der Waals surface area contributed by atoms with Crippen molar-refractivity contribution in [3.05, 3.63) is 12.7 Å². The molecule has 4 unspecified atom stereocenters. The molecule has 2 aromatic heterocycles. The van der Waals surface area contributed by atoms with Gasteiger partial charge in [0.15, 0.2) is 11.5 Å². The van der Waals surface area contributed by atoms with Crippen LogP contribution in [0.3, 0.4) is 0 Å². The van der Waals surface area contributed by atoms with Crippen molar-refractivity contribution in [1.82, 2.24) is 19.5 Å². The number of rotatable bonds is 6. The first-order chi connectivity index (χ1) is 15.6. The number of carbonyl (C=O) groups excluding carboxylic acids is 2. The summed E-state index contributed by atoms with van der Waals surface area (Å²) >= 11 is 0. The minimum Gasteiger partial charge on any atom is -0.453 e. The highest BCUT2D eigenvalue weighted by molar-refractivity contribution is 7.48. The summed E-state index contributed by atoms with van der Waals surface area (Å²) in [7, 11) is -5.68. The summed E-state index contributed by atoms with van der Waals surface area (Å²) in [5, 5.41) is 0. The van der Waals surface area contributed by atoms with Crippen LogP contribution >= 0.6 is 7.82 Å². The third kappa shape index (κ3) is 5.72. The van der Waals surface area contributed by atoms with E-state index in [1.807, 2.05) is 0 Å². The summed E-state index contributed by atoms with van der Waals surface area (Å²) in [5.74, 6) is -5.73. The smallest absolute Gasteiger partial charge is 0.453 e. The number of anilines is 1. The lowest BCUT2D eigenvalue weighted by Crippen LogP contribution is -2.36. The fraction of sp³-hybridized carbons (Fsp3) is 0.500. The fourth-order valence-corrected chi connectivity index (χ4v) is 3.48. The van der Waals surface area contributed by atoms with Crippen molar-refractivity contribution in [3.63, 3.8) is 0 Å². The summed E-state index contributed by atoms with van der Waals surface area (Å²) in [6.07, 6.45) is -14.1. The van der Waals surface area contributed by atoms with Gasteiger partial charge < -0.3 is 19.7 Å². The zero-order valence-corrected chi connectivity index (χ0v) is 17.1. The average Bonchev–Trinajstić information content (AvgIpc) is 3.29. The maximum Gasteiger partial charge on any atom is 0.529 e. The number of carbonyl (C=O) groups is 2. The lowest BCUT2D eigenvalue weighted by atomic mass is 10.2. The number of imidazole rings is 1. The first-order valence-electron chi connectivity index (χ1n) is 8.73. The van der Waals surface area contributed by atoms with Crippen LogP contribution in [-0.4, -0.2) is 67.5 Å². The SMILES string of the molecule is Nc1ncnc2c1ncn2C1CC(OC(=O)C(F)(F)F)C(COP(=O)(O)OC(=O)C(F)(F)F)O1. The van der Waals surface area contributed by atoms with E-state index < -0.39 is 63.6 Å². The number of phosphoric ester groups is 1. The van der Waals surface area contributed by atoms with E-state index in [1.165, 1.54) is 4.57 Å². The first kappa shape index (κ1) is 25.6.